The fraction of sp³-hybridized carbons (Fsp3) is 0.587. The van der Waals surface area contributed by atoms with Gasteiger partial charge in [0.1, 0.15) is 42.3 Å². The van der Waals surface area contributed by atoms with Crippen LogP contribution in [0, 0.1) is 5.41 Å². The van der Waals surface area contributed by atoms with Crippen LogP contribution >= 0.6 is 0 Å². The number of guanidine groups is 1. The number of hydrogen-bond donors (Lipinski definition) is 18. The number of imidazole rings is 1. The molecule has 10 amide bonds. The van der Waals surface area contributed by atoms with E-state index in [1.807, 2.05) is 34.9 Å². The summed E-state index contributed by atoms with van der Waals surface area (Å²) in [6.07, 6.45) is 5.67. The van der Waals surface area contributed by atoms with Gasteiger partial charge in [-0.25, -0.2) is 4.98 Å². The first-order valence-electron chi connectivity index (χ1n) is 38.8. The van der Waals surface area contributed by atoms with E-state index < -0.39 is 120 Å². The van der Waals surface area contributed by atoms with Gasteiger partial charge in [0.2, 0.25) is 59.1 Å². The van der Waals surface area contributed by atoms with Crippen molar-refractivity contribution in [1.29, 1.82) is 5.41 Å². The zero-order chi connectivity index (χ0) is 82.3. The number of H-pyrrole nitrogens is 2. The molecule has 3 saturated heterocycles. The number of carboxylic acid groups (broad SMARTS) is 3. The van der Waals surface area contributed by atoms with Crippen LogP contribution in [0.25, 0.3) is 10.9 Å². The second-order valence-corrected chi connectivity index (χ2v) is 28.7. The maximum atomic E-state index is 15.0. The van der Waals surface area contributed by atoms with E-state index >= 15 is 4.79 Å². The van der Waals surface area contributed by atoms with E-state index in [1.54, 1.807) is 57.3 Å². The molecular formula is C75H113N21O18. The number of carbonyl (C=O) groups is 13. The predicted octanol–water partition coefficient (Wildman–Crippen LogP) is -3.97. The normalized spacial score (nSPS) is 21.8. The van der Waals surface area contributed by atoms with Crippen LogP contribution in [0.5, 0.6) is 0 Å². The lowest BCUT2D eigenvalue weighted by Gasteiger charge is -2.33. The van der Waals surface area contributed by atoms with E-state index in [-0.39, 0.29) is 200 Å². The quantitative estimate of drug-likeness (QED) is 0.0147. The van der Waals surface area contributed by atoms with Crippen molar-refractivity contribution in [3.05, 3.63) is 90.1 Å². The molecule has 3 aliphatic heterocycles. The highest BCUT2D eigenvalue weighted by Gasteiger charge is 2.37. The Hall–Kier alpha value is -10.7. The molecule has 0 unspecified atom stereocenters. The molecule has 0 saturated carbocycles. The fourth-order valence-corrected chi connectivity index (χ4v) is 13.5. The molecule has 626 valence electrons. The molecule has 7 rings (SSSR count). The summed E-state index contributed by atoms with van der Waals surface area (Å²) in [5, 5.41) is 65.1. The number of unbranched alkanes of at least 4 members (excludes halogenated alkanes) is 1. The second kappa shape index (κ2) is 48.4. The van der Waals surface area contributed by atoms with Crippen molar-refractivity contribution in [2.24, 2.45) is 11.5 Å². The van der Waals surface area contributed by atoms with E-state index in [1.165, 1.54) is 12.5 Å². The van der Waals surface area contributed by atoms with Gasteiger partial charge in [0.15, 0.2) is 5.96 Å². The number of hydrogen-bond acceptors (Lipinski definition) is 22. The molecule has 39 heteroatoms. The lowest BCUT2D eigenvalue weighted by atomic mass is 10.0. The van der Waals surface area contributed by atoms with Crippen molar-refractivity contribution < 1.29 is 87.1 Å². The molecule has 3 aliphatic rings. The maximum absolute atomic E-state index is 15.0. The summed E-state index contributed by atoms with van der Waals surface area (Å²) in [6, 6.07) is 5.55. The average Bonchev–Trinajstić information content (AvgIpc) is 1.64. The van der Waals surface area contributed by atoms with Crippen LogP contribution < -0.4 is 64.6 Å². The Morgan fingerprint density at radius 3 is 1.70 bits per heavy atom. The number of aromatic amines is 2. The van der Waals surface area contributed by atoms with Crippen LogP contribution in [-0.4, -0.2) is 324 Å². The van der Waals surface area contributed by atoms with Crippen LogP contribution in [0.1, 0.15) is 94.4 Å². The van der Waals surface area contributed by atoms with E-state index in [2.05, 4.69) is 68.1 Å². The average molecular weight is 1600 g/mol. The smallest absolute Gasteiger partial charge is 0.317 e. The third-order valence-electron chi connectivity index (χ3n) is 19.7. The molecule has 114 heavy (non-hydrogen) atoms. The van der Waals surface area contributed by atoms with Gasteiger partial charge >= 0.3 is 17.9 Å². The number of carboxylic acids is 3. The largest absolute Gasteiger partial charge is 0.480 e. The Balaban J connectivity index is 1.05. The minimum absolute atomic E-state index is 0.0168. The Kier molecular flexibility index (Phi) is 38.4. The number of amides is 10. The SMILES string of the molecule is CCCC[C@H](NC(=O)CN1CCC(NC(=O)CN2CCOCCN(CC(=O)O)CCN(CC(=O)O)CCOCCN(CC(=O)O)CC2)CC1)C(=O)N[C@H]1CC(=O)NCCCC[C@@H](C(N)=O)NC(=O)[C@H](Cc2c[nH]c3ccccc23)NC(=O)[C@H](CCCNC(=N)N)NC(=O)[C@@H](Cc2ccccc2)NC(=O)[C@H](Cc2cnc[nH]2)NC1=O. The highest BCUT2D eigenvalue weighted by atomic mass is 16.5. The molecule has 0 spiro atoms. The zero-order valence-electron chi connectivity index (χ0n) is 64.6. The van der Waals surface area contributed by atoms with Gasteiger partial charge in [-0.2, -0.15) is 0 Å². The highest BCUT2D eigenvalue weighted by molar-refractivity contribution is 5.99. The Bertz CT molecular complexity index is 3810. The van der Waals surface area contributed by atoms with Crippen molar-refractivity contribution in [2.75, 3.05) is 138 Å². The third-order valence-corrected chi connectivity index (χ3v) is 19.7. The monoisotopic (exact) mass is 1600 g/mol. The minimum Gasteiger partial charge on any atom is -0.480 e. The van der Waals surface area contributed by atoms with E-state index in [9.17, 15) is 72.9 Å². The number of nitrogens with one attached hydrogen (secondary N) is 13. The number of aliphatic carboxylic acids is 3. The summed E-state index contributed by atoms with van der Waals surface area (Å²) in [7, 11) is 0. The van der Waals surface area contributed by atoms with Crippen LogP contribution in [0.3, 0.4) is 0 Å². The number of benzene rings is 2. The standard InChI is InChI=1S/C75H113N21O18/c1-2-3-15-56(85-64(99)44-92-23-19-51(20-24-92)84-63(98)43-93-25-26-94(45-65(100)101)30-35-114-36-32-96(47-67(104)105)28-27-95(46-66(102)103)31-34-113-33-29-93)69(107)91-61-40-62(97)80-21-10-9-17-55(68(76)106)86-72(110)59(38-50-41-82-54-16-8-7-14-53(50)54)89-70(108)57(18-11-22-81-75(77)78)87-71(109)58(37-49-12-5-4-6-13-49)88-73(111)60(90-74(61)112)39-52-42-79-48-83-52/h4-8,12-14,16,41-42,48,51,55-61,82H,2-3,9-11,15,17-40,43-47H2,1H3,(H2,76,106)(H,79,83)(H,80,97)(H,84,98)(H,85,99)(H,86,110)(H,87,109)(H,88,111)(H,89,108)(H,90,112)(H,91,107)(H,100,101)(H,102,103)(H,104,105)(H4,77,78,81)/t55-,56-,57-,58+,59-,60-,61-/m0/s1. The van der Waals surface area contributed by atoms with Crippen molar-refractivity contribution in [3.8, 4) is 0 Å². The number of rotatable bonds is 28. The lowest BCUT2D eigenvalue weighted by molar-refractivity contribution is -0.140. The molecule has 39 nitrogen and oxygen atoms in total. The first kappa shape index (κ1) is 90.5. The topological polar surface area (TPSA) is 558 Å². The summed E-state index contributed by atoms with van der Waals surface area (Å²) in [6.45, 7) is 4.02. The van der Waals surface area contributed by atoms with Gasteiger partial charge in [-0.05, 0) is 68.6 Å². The Morgan fingerprint density at radius 2 is 1.12 bits per heavy atom. The number of primary amides is 1. The maximum Gasteiger partial charge on any atom is 0.317 e. The van der Waals surface area contributed by atoms with Crippen molar-refractivity contribution >= 4 is 93.8 Å². The van der Waals surface area contributed by atoms with Crippen LogP contribution in [0.2, 0.25) is 0 Å². The molecule has 2 aromatic heterocycles. The number of carbonyl (C=O) groups excluding carboxylic acids is 10. The lowest BCUT2D eigenvalue weighted by Crippen LogP contribution is -2.61. The predicted molar refractivity (Wildman–Crippen MR) is 415 cm³/mol. The van der Waals surface area contributed by atoms with Gasteiger partial charge < -0.3 is 99.4 Å². The van der Waals surface area contributed by atoms with Crippen LogP contribution in [0.4, 0.5) is 0 Å². The number of ether oxygens (including phenoxy) is 2. The molecule has 0 aliphatic carbocycles. The number of para-hydroxylation sites is 1. The van der Waals surface area contributed by atoms with E-state index in [0.29, 0.717) is 55.6 Å². The van der Waals surface area contributed by atoms with Crippen molar-refractivity contribution in [2.45, 2.75) is 145 Å². The van der Waals surface area contributed by atoms with Gasteiger partial charge in [0.05, 0.1) is 71.9 Å². The van der Waals surface area contributed by atoms with Gasteiger partial charge in [0.25, 0.3) is 0 Å². The fourth-order valence-electron chi connectivity index (χ4n) is 13.5. The highest BCUT2D eigenvalue weighted by Crippen LogP contribution is 2.21. The molecular weight excluding hydrogens is 1480 g/mol. The molecule has 0 bridgehead atoms. The van der Waals surface area contributed by atoms with E-state index in [0.717, 1.165) is 10.9 Å². The molecule has 5 heterocycles. The number of aromatic nitrogens is 3. The molecule has 7 atom stereocenters. The Labute approximate surface area is 660 Å². The summed E-state index contributed by atoms with van der Waals surface area (Å²) < 4.78 is 11.7. The molecule has 4 aromatic rings. The summed E-state index contributed by atoms with van der Waals surface area (Å²) in [5.74, 6) is -11.2. The van der Waals surface area contributed by atoms with Crippen molar-refractivity contribution in [3.63, 3.8) is 0 Å². The molecule has 0 radical (unpaired) electrons. The molecule has 20 N–H and O–H groups in total. The first-order valence-corrected chi connectivity index (χ1v) is 38.8. The Morgan fingerprint density at radius 1 is 0.588 bits per heavy atom. The number of nitrogens with two attached hydrogens (primary N) is 2. The minimum atomic E-state index is -1.71. The van der Waals surface area contributed by atoms with Gasteiger partial charge in [-0.15, -0.1) is 0 Å². The van der Waals surface area contributed by atoms with Gasteiger partial charge in [-0.1, -0.05) is 68.3 Å². The first-order chi connectivity index (χ1) is 54.8. The molecule has 3 fully saturated rings. The van der Waals surface area contributed by atoms with Gasteiger partial charge in [-0.3, -0.25) is 92.2 Å². The molecule has 2 aromatic carbocycles. The number of likely N-dealkylation sites (tertiary alicyclic amines) is 1. The van der Waals surface area contributed by atoms with E-state index in [4.69, 9.17) is 26.4 Å². The summed E-state index contributed by atoms with van der Waals surface area (Å²) >= 11 is 0. The summed E-state index contributed by atoms with van der Waals surface area (Å²) in [5.41, 5.74) is 13.8. The second-order valence-electron chi connectivity index (χ2n) is 28.7. The van der Waals surface area contributed by atoms with Crippen LogP contribution in [-0.2, 0) is 91.1 Å². The van der Waals surface area contributed by atoms with Crippen molar-refractivity contribution in [1.82, 2.24) is 92.6 Å². The number of nitrogens with zero attached hydrogens (tertiary/aromatic N) is 6. The third kappa shape index (κ3) is 33.2. The summed E-state index contributed by atoms with van der Waals surface area (Å²) in [4.78, 5) is 198. The zero-order valence-corrected chi connectivity index (χ0v) is 64.6. The number of fused-ring (bicyclic) bond motifs is 1. The number of piperidine rings is 1. The van der Waals surface area contributed by atoms with Crippen LogP contribution in [0.15, 0.2) is 73.3 Å². The van der Waals surface area contributed by atoms with Gasteiger partial charge in [0, 0.05) is 133 Å².